The van der Waals surface area contributed by atoms with E-state index in [4.69, 9.17) is 0 Å². The van der Waals surface area contributed by atoms with Gasteiger partial charge in [-0.05, 0) is 11.1 Å². The Hall–Kier alpha value is -2.82. The largest absolute Gasteiger partial charge is 0.481 e. The van der Waals surface area contributed by atoms with Crippen molar-refractivity contribution in [2.45, 2.75) is 12.5 Å². The van der Waals surface area contributed by atoms with Crippen LogP contribution in [0.5, 0.6) is 0 Å². The first kappa shape index (κ1) is 17.0. The summed E-state index contributed by atoms with van der Waals surface area (Å²) in [6.45, 7) is 1.18. The number of carbonyl (C=O) groups excluding carboxylic acids is 1. The standard InChI is InChI=1S/C20H22N2O3/c1-21(12-15-8-4-2-5-9-15)20(25)22-13-17(18(14-22)19(23)24)16-10-6-3-7-11-16/h2-11,17-18H,12-14H2,1H3,(H,23,24)/t17-,18+/m1/s1. The topological polar surface area (TPSA) is 60.9 Å². The van der Waals surface area contributed by atoms with Crippen LogP contribution in [0.1, 0.15) is 17.0 Å². The normalized spacial score (nSPS) is 19.6. The first-order valence-corrected chi connectivity index (χ1v) is 8.38. The average Bonchev–Trinajstić information content (AvgIpc) is 3.08. The summed E-state index contributed by atoms with van der Waals surface area (Å²) in [5, 5.41) is 9.57. The van der Waals surface area contributed by atoms with Gasteiger partial charge in [-0.3, -0.25) is 4.79 Å². The molecular weight excluding hydrogens is 316 g/mol. The molecule has 0 unspecified atom stereocenters. The van der Waals surface area contributed by atoms with E-state index in [1.165, 1.54) is 0 Å². The number of carboxylic acid groups (broad SMARTS) is 1. The van der Waals surface area contributed by atoms with E-state index in [1.807, 2.05) is 60.7 Å². The predicted molar refractivity (Wildman–Crippen MR) is 95.2 cm³/mol. The summed E-state index contributed by atoms with van der Waals surface area (Å²) in [4.78, 5) is 27.7. The van der Waals surface area contributed by atoms with E-state index in [2.05, 4.69) is 0 Å². The summed E-state index contributed by atoms with van der Waals surface area (Å²) in [6, 6.07) is 19.2. The quantitative estimate of drug-likeness (QED) is 0.932. The molecule has 0 radical (unpaired) electrons. The minimum Gasteiger partial charge on any atom is -0.481 e. The number of aliphatic carboxylic acids is 1. The highest BCUT2D eigenvalue weighted by Gasteiger charge is 2.41. The minimum atomic E-state index is -0.852. The molecule has 0 aromatic heterocycles. The van der Waals surface area contributed by atoms with Crippen molar-refractivity contribution < 1.29 is 14.7 Å². The second-order valence-corrected chi connectivity index (χ2v) is 6.49. The number of benzene rings is 2. The maximum absolute atomic E-state index is 12.8. The number of hydrogen-bond acceptors (Lipinski definition) is 2. The SMILES string of the molecule is CN(Cc1ccccc1)C(=O)N1C[C@H](C(=O)O)[C@@H](c2ccccc2)C1. The molecule has 2 atom stereocenters. The second kappa shape index (κ2) is 7.38. The van der Waals surface area contributed by atoms with Crippen LogP contribution in [0.15, 0.2) is 60.7 Å². The molecule has 1 aliphatic rings. The summed E-state index contributed by atoms with van der Waals surface area (Å²) < 4.78 is 0. The van der Waals surface area contributed by atoms with Crippen molar-refractivity contribution in [3.05, 3.63) is 71.8 Å². The van der Waals surface area contributed by atoms with Gasteiger partial charge >= 0.3 is 12.0 Å². The highest BCUT2D eigenvalue weighted by molar-refractivity contribution is 5.78. The van der Waals surface area contributed by atoms with Crippen LogP contribution in [-0.2, 0) is 11.3 Å². The number of likely N-dealkylation sites (tertiary alicyclic amines) is 1. The molecule has 1 aliphatic heterocycles. The number of urea groups is 1. The predicted octanol–water partition coefficient (Wildman–Crippen LogP) is 3.04. The van der Waals surface area contributed by atoms with Crippen LogP contribution in [-0.4, -0.2) is 47.0 Å². The van der Waals surface area contributed by atoms with Crippen molar-refractivity contribution in [1.29, 1.82) is 0 Å². The zero-order valence-corrected chi connectivity index (χ0v) is 14.2. The maximum Gasteiger partial charge on any atom is 0.320 e. The lowest BCUT2D eigenvalue weighted by molar-refractivity contribution is -0.141. The van der Waals surface area contributed by atoms with Gasteiger partial charge in [0.25, 0.3) is 0 Å². The molecule has 0 aliphatic carbocycles. The van der Waals surface area contributed by atoms with E-state index >= 15 is 0 Å². The number of rotatable bonds is 4. The number of nitrogens with zero attached hydrogens (tertiary/aromatic N) is 2. The zero-order chi connectivity index (χ0) is 17.8. The van der Waals surface area contributed by atoms with Crippen molar-refractivity contribution in [3.8, 4) is 0 Å². The average molecular weight is 338 g/mol. The number of carboxylic acids is 1. The molecule has 3 rings (SSSR count). The minimum absolute atomic E-state index is 0.131. The Morgan fingerprint density at radius 2 is 1.64 bits per heavy atom. The lowest BCUT2D eigenvalue weighted by Crippen LogP contribution is -2.39. The molecular formula is C20H22N2O3. The highest BCUT2D eigenvalue weighted by Crippen LogP contribution is 2.33. The molecule has 0 spiro atoms. The summed E-state index contributed by atoms with van der Waals surface area (Å²) in [6.07, 6.45) is 0. The van der Waals surface area contributed by atoms with Crippen LogP contribution >= 0.6 is 0 Å². The molecule has 25 heavy (non-hydrogen) atoms. The Bertz CT molecular complexity index is 733. The number of carbonyl (C=O) groups is 2. The first-order valence-electron chi connectivity index (χ1n) is 8.38. The van der Waals surface area contributed by atoms with E-state index in [0.29, 0.717) is 13.1 Å². The zero-order valence-electron chi connectivity index (χ0n) is 14.2. The van der Waals surface area contributed by atoms with Gasteiger partial charge in [0.2, 0.25) is 0 Å². The molecule has 0 bridgehead atoms. The molecule has 2 aromatic rings. The van der Waals surface area contributed by atoms with Crippen LogP contribution in [0, 0.1) is 5.92 Å². The monoisotopic (exact) mass is 338 g/mol. The Kier molecular flexibility index (Phi) is 5.03. The van der Waals surface area contributed by atoms with E-state index in [0.717, 1.165) is 11.1 Å². The Morgan fingerprint density at radius 1 is 1.04 bits per heavy atom. The van der Waals surface area contributed by atoms with E-state index < -0.39 is 11.9 Å². The molecule has 0 saturated carbocycles. The van der Waals surface area contributed by atoms with Gasteiger partial charge in [-0.1, -0.05) is 60.7 Å². The second-order valence-electron chi connectivity index (χ2n) is 6.49. The third-order valence-electron chi connectivity index (χ3n) is 4.72. The molecule has 130 valence electrons. The summed E-state index contributed by atoms with van der Waals surface area (Å²) >= 11 is 0. The Labute approximate surface area is 147 Å². The van der Waals surface area contributed by atoms with Crippen LogP contribution < -0.4 is 0 Å². The van der Waals surface area contributed by atoms with E-state index in [9.17, 15) is 14.7 Å². The van der Waals surface area contributed by atoms with Crippen molar-refractivity contribution in [3.63, 3.8) is 0 Å². The first-order chi connectivity index (χ1) is 12.1. The molecule has 1 N–H and O–H groups in total. The molecule has 5 nitrogen and oxygen atoms in total. The molecule has 1 heterocycles. The molecule has 1 saturated heterocycles. The van der Waals surface area contributed by atoms with Crippen LogP contribution in [0.4, 0.5) is 4.79 Å². The lowest BCUT2D eigenvalue weighted by Gasteiger charge is -2.24. The Morgan fingerprint density at radius 3 is 2.24 bits per heavy atom. The Balaban J connectivity index is 1.72. The van der Waals surface area contributed by atoms with Gasteiger partial charge in [-0.25, -0.2) is 4.79 Å². The van der Waals surface area contributed by atoms with Crippen molar-refractivity contribution in [2.24, 2.45) is 5.92 Å². The summed E-state index contributed by atoms with van der Waals surface area (Å²) in [5.41, 5.74) is 2.02. The lowest BCUT2D eigenvalue weighted by atomic mass is 9.89. The van der Waals surface area contributed by atoms with Gasteiger partial charge in [0.15, 0.2) is 0 Å². The van der Waals surface area contributed by atoms with Crippen molar-refractivity contribution >= 4 is 12.0 Å². The molecule has 2 amide bonds. The molecule has 5 heteroatoms. The number of amides is 2. The van der Waals surface area contributed by atoms with E-state index in [-0.39, 0.29) is 18.5 Å². The van der Waals surface area contributed by atoms with Crippen LogP contribution in [0.25, 0.3) is 0 Å². The third kappa shape index (κ3) is 3.82. The van der Waals surface area contributed by atoms with Crippen molar-refractivity contribution in [1.82, 2.24) is 9.80 Å². The number of hydrogen-bond donors (Lipinski definition) is 1. The fourth-order valence-corrected chi connectivity index (χ4v) is 3.41. The fraction of sp³-hybridized carbons (Fsp3) is 0.300. The fourth-order valence-electron chi connectivity index (χ4n) is 3.41. The van der Waals surface area contributed by atoms with Gasteiger partial charge < -0.3 is 14.9 Å². The highest BCUT2D eigenvalue weighted by atomic mass is 16.4. The van der Waals surface area contributed by atoms with Gasteiger partial charge in [0, 0.05) is 32.6 Å². The van der Waals surface area contributed by atoms with E-state index in [1.54, 1.807) is 16.8 Å². The van der Waals surface area contributed by atoms with Gasteiger partial charge in [-0.15, -0.1) is 0 Å². The van der Waals surface area contributed by atoms with Crippen molar-refractivity contribution in [2.75, 3.05) is 20.1 Å². The molecule has 2 aromatic carbocycles. The molecule has 1 fully saturated rings. The smallest absolute Gasteiger partial charge is 0.320 e. The summed E-state index contributed by atoms with van der Waals surface area (Å²) in [7, 11) is 1.75. The van der Waals surface area contributed by atoms with Crippen LogP contribution in [0.3, 0.4) is 0 Å². The summed E-state index contributed by atoms with van der Waals surface area (Å²) in [5.74, 6) is -1.60. The maximum atomic E-state index is 12.8. The van der Waals surface area contributed by atoms with Gasteiger partial charge in [0.1, 0.15) is 0 Å². The van der Waals surface area contributed by atoms with Crippen LogP contribution in [0.2, 0.25) is 0 Å². The van der Waals surface area contributed by atoms with Gasteiger partial charge in [-0.2, -0.15) is 0 Å². The third-order valence-corrected chi connectivity index (χ3v) is 4.72. The van der Waals surface area contributed by atoms with Gasteiger partial charge in [0.05, 0.1) is 5.92 Å².